The third kappa shape index (κ3) is 4.24. The van der Waals surface area contributed by atoms with Crippen molar-refractivity contribution in [2.75, 3.05) is 16.8 Å². The summed E-state index contributed by atoms with van der Waals surface area (Å²) in [4.78, 5) is 24.0. The summed E-state index contributed by atoms with van der Waals surface area (Å²) in [7, 11) is 0. The predicted octanol–water partition coefficient (Wildman–Crippen LogP) is 4.39. The maximum atomic E-state index is 12.0. The highest BCUT2D eigenvalue weighted by Gasteiger charge is 2.08. The topological polar surface area (TPSA) is 46.2 Å². The molecule has 0 saturated carbocycles. The van der Waals surface area contributed by atoms with Gasteiger partial charge in [-0.1, -0.05) is 60.7 Å². The summed E-state index contributed by atoms with van der Waals surface area (Å²) < 4.78 is 0. The van der Waals surface area contributed by atoms with Crippen LogP contribution in [-0.2, 0) is 4.79 Å². The molecule has 0 unspecified atom stereocenters. The lowest BCUT2D eigenvalue weighted by atomic mass is 10.1. The first kappa shape index (κ1) is 16.3. The van der Waals surface area contributed by atoms with E-state index in [0.717, 1.165) is 16.5 Å². The van der Waals surface area contributed by atoms with Crippen molar-refractivity contribution < 1.29 is 9.59 Å². The molecule has 1 amide bonds. The zero-order chi connectivity index (χ0) is 16.8. The van der Waals surface area contributed by atoms with Crippen molar-refractivity contribution in [3.63, 3.8) is 0 Å². The number of hydrogen-bond acceptors (Lipinski definition) is 3. The van der Waals surface area contributed by atoms with E-state index in [2.05, 4.69) is 5.32 Å². The van der Waals surface area contributed by atoms with Gasteiger partial charge in [0.1, 0.15) is 0 Å². The minimum Gasteiger partial charge on any atom is -0.325 e. The van der Waals surface area contributed by atoms with Crippen molar-refractivity contribution in [3.8, 4) is 0 Å². The van der Waals surface area contributed by atoms with Crippen LogP contribution in [-0.4, -0.2) is 23.2 Å². The summed E-state index contributed by atoms with van der Waals surface area (Å²) in [6.45, 7) is 0. The smallest absolute Gasteiger partial charge is 0.234 e. The first-order valence-electron chi connectivity index (χ1n) is 7.67. The van der Waals surface area contributed by atoms with Crippen LogP contribution < -0.4 is 5.32 Å². The van der Waals surface area contributed by atoms with E-state index >= 15 is 0 Å². The molecule has 3 aromatic rings. The number of hydrogen-bond donors (Lipinski definition) is 1. The molecule has 3 nitrogen and oxygen atoms in total. The second kappa shape index (κ2) is 7.79. The first-order chi connectivity index (χ1) is 11.7. The lowest BCUT2D eigenvalue weighted by Gasteiger charge is -2.06. The molecule has 0 atom stereocenters. The summed E-state index contributed by atoms with van der Waals surface area (Å²) in [5.74, 6) is 0.496. The number of nitrogens with one attached hydrogen (secondary N) is 1. The Balaban J connectivity index is 1.51. The molecule has 4 heteroatoms. The third-order valence-corrected chi connectivity index (χ3v) is 4.53. The number of fused-ring (bicyclic) bond motifs is 1. The minimum absolute atomic E-state index is 0.0408. The van der Waals surface area contributed by atoms with Crippen LogP contribution in [0.1, 0.15) is 10.4 Å². The number of benzene rings is 3. The van der Waals surface area contributed by atoms with Crippen LogP contribution in [0.15, 0.2) is 72.8 Å². The molecule has 0 radical (unpaired) electrons. The van der Waals surface area contributed by atoms with Crippen LogP contribution in [0.5, 0.6) is 0 Å². The number of carbonyl (C=O) groups is 2. The van der Waals surface area contributed by atoms with Gasteiger partial charge in [-0.25, -0.2) is 0 Å². The molecule has 1 N–H and O–H groups in total. The van der Waals surface area contributed by atoms with Crippen LogP contribution in [0.2, 0.25) is 0 Å². The minimum atomic E-state index is -0.101. The highest BCUT2D eigenvalue weighted by atomic mass is 32.2. The number of Topliss-reactive ketones (excluding diaryl/α,β-unsaturated/α-hetero) is 1. The average Bonchev–Trinajstić information content (AvgIpc) is 2.62. The maximum Gasteiger partial charge on any atom is 0.234 e. The van der Waals surface area contributed by atoms with E-state index in [-0.39, 0.29) is 17.4 Å². The molecule has 0 aliphatic heterocycles. The van der Waals surface area contributed by atoms with E-state index < -0.39 is 0 Å². The Kier molecular flexibility index (Phi) is 5.29. The van der Waals surface area contributed by atoms with Crippen LogP contribution in [0, 0.1) is 0 Å². The van der Waals surface area contributed by atoms with Crippen molar-refractivity contribution in [2.45, 2.75) is 0 Å². The number of amides is 1. The molecular weight excluding hydrogens is 318 g/mol. The number of anilines is 1. The Hall–Kier alpha value is -2.59. The number of thioether (sulfide) groups is 1. The van der Waals surface area contributed by atoms with Crippen molar-refractivity contribution in [1.29, 1.82) is 0 Å². The molecule has 0 spiro atoms. The maximum absolute atomic E-state index is 12.0. The molecule has 3 aromatic carbocycles. The Morgan fingerprint density at radius 3 is 2.29 bits per heavy atom. The van der Waals surface area contributed by atoms with Crippen LogP contribution in [0.3, 0.4) is 0 Å². The predicted molar refractivity (Wildman–Crippen MR) is 101 cm³/mol. The third-order valence-electron chi connectivity index (χ3n) is 3.60. The molecular formula is C20H17NO2S. The van der Waals surface area contributed by atoms with Gasteiger partial charge in [-0.15, -0.1) is 11.8 Å². The molecule has 0 saturated heterocycles. The monoisotopic (exact) mass is 335 g/mol. The van der Waals surface area contributed by atoms with Gasteiger partial charge in [0, 0.05) is 11.3 Å². The summed E-state index contributed by atoms with van der Waals surface area (Å²) in [6.07, 6.45) is 0. The Labute approximate surface area is 145 Å². The second-order valence-electron chi connectivity index (χ2n) is 5.39. The lowest BCUT2D eigenvalue weighted by molar-refractivity contribution is -0.113. The fourth-order valence-electron chi connectivity index (χ4n) is 2.41. The molecule has 0 bridgehead atoms. The first-order valence-corrected chi connectivity index (χ1v) is 8.82. The van der Waals surface area contributed by atoms with E-state index in [0.29, 0.717) is 11.3 Å². The fourth-order valence-corrected chi connectivity index (χ4v) is 3.12. The Morgan fingerprint density at radius 2 is 1.50 bits per heavy atom. The van der Waals surface area contributed by atoms with E-state index in [1.54, 1.807) is 12.1 Å². The van der Waals surface area contributed by atoms with Crippen LogP contribution in [0.4, 0.5) is 5.69 Å². The molecule has 120 valence electrons. The highest BCUT2D eigenvalue weighted by molar-refractivity contribution is 8.00. The Bertz CT molecular complexity index is 862. The summed E-state index contributed by atoms with van der Waals surface area (Å²) in [5.41, 5.74) is 1.45. The summed E-state index contributed by atoms with van der Waals surface area (Å²) >= 11 is 1.33. The van der Waals surface area contributed by atoms with Crippen molar-refractivity contribution >= 4 is 39.9 Å². The lowest BCUT2D eigenvalue weighted by Crippen LogP contribution is -2.15. The van der Waals surface area contributed by atoms with Crippen molar-refractivity contribution in [3.05, 3.63) is 78.4 Å². The molecule has 0 aliphatic rings. The van der Waals surface area contributed by atoms with E-state index in [4.69, 9.17) is 0 Å². The van der Waals surface area contributed by atoms with Crippen molar-refractivity contribution in [1.82, 2.24) is 0 Å². The summed E-state index contributed by atoms with van der Waals surface area (Å²) in [5, 5.41) is 5.10. The molecule has 0 heterocycles. The van der Waals surface area contributed by atoms with E-state index in [1.165, 1.54) is 11.8 Å². The van der Waals surface area contributed by atoms with Gasteiger partial charge >= 0.3 is 0 Å². The van der Waals surface area contributed by atoms with Gasteiger partial charge in [-0.2, -0.15) is 0 Å². The quantitative estimate of drug-likeness (QED) is 0.679. The fraction of sp³-hybridized carbons (Fsp3) is 0.100. The van der Waals surface area contributed by atoms with Gasteiger partial charge < -0.3 is 5.32 Å². The normalized spacial score (nSPS) is 10.5. The average molecular weight is 335 g/mol. The molecule has 0 aliphatic carbocycles. The van der Waals surface area contributed by atoms with Gasteiger partial charge in [0.15, 0.2) is 5.78 Å². The second-order valence-corrected chi connectivity index (χ2v) is 6.38. The summed E-state index contributed by atoms with van der Waals surface area (Å²) in [6, 6.07) is 23.0. The molecule has 3 rings (SSSR count). The Morgan fingerprint density at radius 1 is 0.792 bits per heavy atom. The zero-order valence-corrected chi connectivity index (χ0v) is 13.9. The molecule has 24 heavy (non-hydrogen) atoms. The van der Waals surface area contributed by atoms with Gasteiger partial charge in [0.05, 0.1) is 11.5 Å². The standard InChI is InChI=1S/C20H17NO2S/c22-19(16-7-2-1-3-8-16)13-24-14-20(23)21-18-11-10-15-6-4-5-9-17(15)12-18/h1-12H,13-14H2,(H,21,23). The van der Waals surface area contributed by atoms with Crippen LogP contribution >= 0.6 is 11.8 Å². The van der Waals surface area contributed by atoms with E-state index in [9.17, 15) is 9.59 Å². The highest BCUT2D eigenvalue weighted by Crippen LogP contribution is 2.19. The van der Waals surface area contributed by atoms with Gasteiger partial charge in [-0.05, 0) is 22.9 Å². The molecule has 0 fully saturated rings. The van der Waals surface area contributed by atoms with Crippen molar-refractivity contribution in [2.24, 2.45) is 0 Å². The van der Waals surface area contributed by atoms with Crippen LogP contribution in [0.25, 0.3) is 10.8 Å². The van der Waals surface area contributed by atoms with E-state index in [1.807, 2.05) is 60.7 Å². The zero-order valence-electron chi connectivity index (χ0n) is 13.1. The molecule has 0 aromatic heterocycles. The van der Waals surface area contributed by atoms with Gasteiger partial charge in [0.2, 0.25) is 5.91 Å². The number of ketones is 1. The van der Waals surface area contributed by atoms with Gasteiger partial charge in [0.25, 0.3) is 0 Å². The number of rotatable bonds is 6. The largest absolute Gasteiger partial charge is 0.325 e. The number of carbonyl (C=O) groups excluding carboxylic acids is 2. The van der Waals surface area contributed by atoms with Gasteiger partial charge in [-0.3, -0.25) is 9.59 Å². The SMILES string of the molecule is O=C(CSCC(=O)c1ccccc1)Nc1ccc2ccccc2c1.